The van der Waals surface area contributed by atoms with E-state index in [1.165, 1.54) is 0 Å². The Labute approximate surface area is 93.2 Å². The Balaban J connectivity index is 2.18. The van der Waals surface area contributed by atoms with Gasteiger partial charge in [0.2, 0.25) is 5.88 Å². The van der Waals surface area contributed by atoms with Gasteiger partial charge in [0, 0.05) is 6.20 Å². The minimum absolute atomic E-state index is 0.449. The number of rotatable bonds is 2. The van der Waals surface area contributed by atoms with Crippen molar-refractivity contribution in [3.8, 4) is 17.7 Å². The molecule has 0 spiro atoms. The highest BCUT2D eigenvalue weighted by molar-refractivity contribution is 5.35. The number of hydrogen-bond donors (Lipinski definition) is 0. The average Bonchev–Trinajstić information content (AvgIpc) is 2.30. The number of nitrogens with zero attached hydrogens (tertiary/aromatic N) is 3. The van der Waals surface area contributed by atoms with E-state index in [0.29, 0.717) is 17.2 Å². The zero-order chi connectivity index (χ0) is 11.4. The lowest BCUT2D eigenvalue weighted by Gasteiger charge is -2.04. The lowest BCUT2D eigenvalue weighted by molar-refractivity contribution is 0.458. The molecule has 0 aliphatic rings. The van der Waals surface area contributed by atoms with Gasteiger partial charge in [0.05, 0.1) is 23.5 Å². The molecule has 0 unspecified atom stereocenters. The van der Waals surface area contributed by atoms with E-state index in [0.717, 1.165) is 5.69 Å². The van der Waals surface area contributed by atoms with Gasteiger partial charge in [-0.15, -0.1) is 0 Å². The molecule has 1 aromatic carbocycles. The van der Waals surface area contributed by atoms with Crippen LogP contribution in [0.1, 0.15) is 11.3 Å². The van der Waals surface area contributed by atoms with Gasteiger partial charge in [-0.3, -0.25) is 4.98 Å². The number of ether oxygens (including phenoxy) is 1. The topological polar surface area (TPSA) is 58.8 Å². The van der Waals surface area contributed by atoms with Gasteiger partial charge < -0.3 is 4.74 Å². The number of nitriles is 1. The molecule has 0 aliphatic carbocycles. The van der Waals surface area contributed by atoms with Crippen LogP contribution in [0.4, 0.5) is 0 Å². The minimum atomic E-state index is 0.449. The molecule has 1 heterocycles. The predicted octanol–water partition coefficient (Wildman–Crippen LogP) is 2.45. The van der Waals surface area contributed by atoms with Crippen molar-refractivity contribution in [2.24, 2.45) is 0 Å². The van der Waals surface area contributed by atoms with Crippen LogP contribution >= 0.6 is 0 Å². The number of benzene rings is 1. The average molecular weight is 211 g/mol. The summed E-state index contributed by atoms with van der Waals surface area (Å²) in [5.74, 6) is 1.09. The molecule has 0 fully saturated rings. The van der Waals surface area contributed by atoms with Crippen molar-refractivity contribution in [3.63, 3.8) is 0 Å². The quantitative estimate of drug-likeness (QED) is 0.765. The highest BCUT2D eigenvalue weighted by atomic mass is 16.5. The summed E-state index contributed by atoms with van der Waals surface area (Å²) in [5.41, 5.74) is 1.40. The Morgan fingerprint density at radius 3 is 2.56 bits per heavy atom. The summed E-state index contributed by atoms with van der Waals surface area (Å²) in [6.45, 7) is 1.85. The van der Waals surface area contributed by atoms with Gasteiger partial charge in [0.1, 0.15) is 5.75 Å². The summed E-state index contributed by atoms with van der Waals surface area (Å²) < 4.78 is 5.48. The van der Waals surface area contributed by atoms with Crippen LogP contribution in [0.15, 0.2) is 36.7 Å². The van der Waals surface area contributed by atoms with Crippen LogP contribution in [-0.2, 0) is 0 Å². The summed E-state index contributed by atoms with van der Waals surface area (Å²) in [6.07, 6.45) is 3.21. The molecule has 0 N–H and O–H groups in total. The molecule has 2 rings (SSSR count). The van der Waals surface area contributed by atoms with Gasteiger partial charge >= 0.3 is 0 Å². The molecule has 0 saturated carbocycles. The van der Waals surface area contributed by atoms with E-state index in [9.17, 15) is 0 Å². The summed E-state index contributed by atoms with van der Waals surface area (Å²) in [7, 11) is 0. The number of aryl methyl sites for hydroxylation is 1. The molecule has 4 heteroatoms. The first-order valence-electron chi connectivity index (χ1n) is 4.74. The van der Waals surface area contributed by atoms with Gasteiger partial charge in [-0.25, -0.2) is 4.98 Å². The first-order chi connectivity index (χ1) is 7.78. The van der Waals surface area contributed by atoms with E-state index < -0.39 is 0 Å². The van der Waals surface area contributed by atoms with E-state index in [1.807, 2.05) is 13.0 Å². The highest BCUT2D eigenvalue weighted by Crippen LogP contribution is 2.18. The van der Waals surface area contributed by atoms with Crippen LogP contribution < -0.4 is 4.74 Å². The second kappa shape index (κ2) is 4.41. The molecule has 1 aromatic heterocycles. The molecule has 4 nitrogen and oxygen atoms in total. The van der Waals surface area contributed by atoms with Crippen molar-refractivity contribution in [1.29, 1.82) is 5.26 Å². The number of hydrogen-bond acceptors (Lipinski definition) is 4. The van der Waals surface area contributed by atoms with Crippen molar-refractivity contribution >= 4 is 0 Å². The van der Waals surface area contributed by atoms with Gasteiger partial charge in [-0.2, -0.15) is 5.26 Å². The monoisotopic (exact) mass is 211 g/mol. The predicted molar refractivity (Wildman–Crippen MR) is 58.0 cm³/mol. The molecular weight excluding hydrogens is 202 g/mol. The maximum absolute atomic E-state index is 8.64. The molecule has 0 amide bonds. The van der Waals surface area contributed by atoms with Gasteiger partial charge in [-0.1, -0.05) is 0 Å². The second-order valence-electron chi connectivity index (χ2n) is 3.24. The van der Waals surface area contributed by atoms with E-state index in [4.69, 9.17) is 10.00 Å². The summed E-state index contributed by atoms with van der Waals surface area (Å²) in [6, 6.07) is 8.88. The number of aromatic nitrogens is 2. The lowest BCUT2D eigenvalue weighted by atomic mass is 10.2. The van der Waals surface area contributed by atoms with Crippen molar-refractivity contribution in [3.05, 3.63) is 47.9 Å². The molecule has 16 heavy (non-hydrogen) atoms. The van der Waals surface area contributed by atoms with E-state index >= 15 is 0 Å². The maximum Gasteiger partial charge on any atom is 0.238 e. The molecule has 78 valence electrons. The standard InChI is InChI=1S/C12H9N3O/c1-9-7-14-8-12(15-9)16-11-4-2-10(6-13)3-5-11/h2-5,7-8H,1H3. The third-order valence-corrected chi connectivity index (χ3v) is 1.94. The smallest absolute Gasteiger partial charge is 0.238 e. The van der Waals surface area contributed by atoms with E-state index in [-0.39, 0.29) is 0 Å². The molecule has 2 aromatic rings. The summed E-state index contributed by atoms with van der Waals surface area (Å²) >= 11 is 0. The fourth-order valence-corrected chi connectivity index (χ4v) is 1.21. The van der Waals surface area contributed by atoms with Gasteiger partial charge in [-0.05, 0) is 31.2 Å². The largest absolute Gasteiger partial charge is 0.437 e. The Hall–Kier alpha value is -2.41. The Bertz CT molecular complexity index is 529. The van der Waals surface area contributed by atoms with E-state index in [2.05, 4.69) is 9.97 Å². The SMILES string of the molecule is Cc1cncc(Oc2ccc(C#N)cc2)n1. The molecular formula is C12H9N3O. The van der Waals surface area contributed by atoms with Crippen LogP contribution in [0.5, 0.6) is 11.6 Å². The molecule has 0 atom stereocenters. The third kappa shape index (κ3) is 2.34. The van der Waals surface area contributed by atoms with Crippen LogP contribution in [0.3, 0.4) is 0 Å². The van der Waals surface area contributed by atoms with Crippen molar-refractivity contribution < 1.29 is 4.74 Å². The summed E-state index contributed by atoms with van der Waals surface area (Å²) in [4.78, 5) is 8.14. The first-order valence-corrected chi connectivity index (χ1v) is 4.74. The second-order valence-corrected chi connectivity index (χ2v) is 3.24. The Morgan fingerprint density at radius 2 is 1.94 bits per heavy atom. The van der Waals surface area contributed by atoms with Crippen LogP contribution in [-0.4, -0.2) is 9.97 Å². The fraction of sp³-hybridized carbons (Fsp3) is 0.0833. The summed E-state index contributed by atoms with van der Waals surface area (Å²) in [5, 5.41) is 8.64. The minimum Gasteiger partial charge on any atom is -0.437 e. The third-order valence-electron chi connectivity index (χ3n) is 1.94. The molecule has 0 bridgehead atoms. The van der Waals surface area contributed by atoms with Crippen LogP contribution in [0.2, 0.25) is 0 Å². The van der Waals surface area contributed by atoms with E-state index in [1.54, 1.807) is 36.7 Å². The molecule has 0 saturated heterocycles. The lowest BCUT2D eigenvalue weighted by Crippen LogP contribution is -1.91. The molecule has 0 aliphatic heterocycles. The zero-order valence-electron chi connectivity index (χ0n) is 8.71. The Kier molecular flexibility index (Phi) is 2.79. The van der Waals surface area contributed by atoms with Crippen molar-refractivity contribution in [2.45, 2.75) is 6.92 Å². The first kappa shape index (κ1) is 10.1. The highest BCUT2D eigenvalue weighted by Gasteiger charge is 1.99. The molecule has 0 radical (unpaired) electrons. The Morgan fingerprint density at radius 1 is 1.19 bits per heavy atom. The zero-order valence-corrected chi connectivity index (χ0v) is 8.71. The van der Waals surface area contributed by atoms with Crippen LogP contribution in [0, 0.1) is 18.3 Å². The van der Waals surface area contributed by atoms with Gasteiger partial charge in [0.25, 0.3) is 0 Å². The van der Waals surface area contributed by atoms with Gasteiger partial charge in [0.15, 0.2) is 0 Å². The van der Waals surface area contributed by atoms with Crippen molar-refractivity contribution in [2.75, 3.05) is 0 Å². The van der Waals surface area contributed by atoms with Crippen LogP contribution in [0.25, 0.3) is 0 Å². The maximum atomic E-state index is 8.64. The fourth-order valence-electron chi connectivity index (χ4n) is 1.21. The van der Waals surface area contributed by atoms with Crippen molar-refractivity contribution in [1.82, 2.24) is 9.97 Å². The normalized spacial score (nSPS) is 9.50.